The van der Waals surface area contributed by atoms with Gasteiger partial charge in [0.15, 0.2) is 0 Å². The van der Waals surface area contributed by atoms with Crippen molar-refractivity contribution in [1.29, 1.82) is 0 Å². The lowest BCUT2D eigenvalue weighted by Crippen LogP contribution is -2.37. The molecule has 0 aliphatic rings. The smallest absolute Gasteiger partial charge is 0.297 e. The number of nitrogens with zero attached hydrogens (tertiary/aromatic N) is 1. The van der Waals surface area contributed by atoms with E-state index in [0.717, 1.165) is 11.1 Å². The Balaban J connectivity index is 2.86. The van der Waals surface area contributed by atoms with Crippen LogP contribution in [0, 0.1) is 6.92 Å². The average Bonchev–Trinajstić information content (AvgIpc) is 2.30. The van der Waals surface area contributed by atoms with Crippen LogP contribution in [0.1, 0.15) is 25.5 Å². The topological polar surface area (TPSA) is 54.9 Å². The van der Waals surface area contributed by atoms with Gasteiger partial charge in [-0.05, 0) is 31.9 Å². The minimum Gasteiger partial charge on any atom is -0.297 e. The number of H-pyrrole nitrogens is 1. The van der Waals surface area contributed by atoms with Gasteiger partial charge >= 0.3 is 5.69 Å². The highest BCUT2D eigenvalue weighted by Gasteiger charge is 2.17. The van der Waals surface area contributed by atoms with Gasteiger partial charge in [0.1, 0.15) is 5.15 Å². The molecule has 0 radical (unpaired) electrons. The van der Waals surface area contributed by atoms with E-state index in [0.29, 0.717) is 5.56 Å². The first-order valence-electron chi connectivity index (χ1n) is 6.03. The number of aromatic nitrogens is 2. The van der Waals surface area contributed by atoms with Gasteiger partial charge in [0.2, 0.25) is 0 Å². The second kappa shape index (κ2) is 5.05. The van der Waals surface area contributed by atoms with Gasteiger partial charge in [-0.3, -0.25) is 14.3 Å². The third-order valence-corrected chi connectivity index (χ3v) is 3.30. The van der Waals surface area contributed by atoms with Crippen LogP contribution in [0.4, 0.5) is 0 Å². The number of nitrogens with one attached hydrogen (secondary N) is 1. The maximum Gasteiger partial charge on any atom is 0.329 e. The van der Waals surface area contributed by atoms with Crippen LogP contribution in [-0.4, -0.2) is 9.55 Å². The molecule has 1 aromatic carbocycles. The maximum absolute atomic E-state index is 12.5. The quantitative estimate of drug-likeness (QED) is 0.859. The minimum atomic E-state index is -0.484. The molecule has 0 bridgehead atoms. The zero-order chi connectivity index (χ0) is 14.2. The number of halogens is 1. The van der Waals surface area contributed by atoms with Crippen LogP contribution >= 0.6 is 11.6 Å². The molecule has 2 aromatic rings. The Morgan fingerprint density at radius 3 is 2.42 bits per heavy atom. The molecule has 0 atom stereocenters. The van der Waals surface area contributed by atoms with Crippen molar-refractivity contribution in [2.24, 2.45) is 0 Å². The first-order valence-corrected chi connectivity index (χ1v) is 6.41. The number of benzene rings is 1. The molecule has 5 heteroatoms. The number of hydrogen-bond donors (Lipinski definition) is 1. The molecule has 100 valence electrons. The van der Waals surface area contributed by atoms with Crippen molar-refractivity contribution in [2.45, 2.75) is 26.8 Å². The highest BCUT2D eigenvalue weighted by molar-refractivity contribution is 6.32. The van der Waals surface area contributed by atoms with E-state index in [9.17, 15) is 9.59 Å². The molecule has 2 rings (SSSR count). The number of aryl methyl sites for hydroxylation is 1. The van der Waals surface area contributed by atoms with E-state index in [-0.39, 0.29) is 16.8 Å². The van der Waals surface area contributed by atoms with Crippen LogP contribution in [0.2, 0.25) is 5.15 Å². The molecule has 19 heavy (non-hydrogen) atoms. The molecule has 0 amide bonds. The van der Waals surface area contributed by atoms with Crippen LogP contribution in [-0.2, 0) is 0 Å². The minimum absolute atomic E-state index is 0.0844. The summed E-state index contributed by atoms with van der Waals surface area (Å²) in [5, 5.41) is 0.0844. The molecule has 4 nitrogen and oxygen atoms in total. The molecule has 1 heterocycles. The first-order chi connectivity index (χ1) is 8.93. The molecule has 0 spiro atoms. The summed E-state index contributed by atoms with van der Waals surface area (Å²) < 4.78 is 1.17. The highest BCUT2D eigenvalue weighted by atomic mass is 35.5. The van der Waals surface area contributed by atoms with Crippen molar-refractivity contribution in [3.05, 3.63) is 55.8 Å². The molecule has 0 unspecified atom stereocenters. The van der Waals surface area contributed by atoms with E-state index in [1.165, 1.54) is 4.57 Å². The molecular formula is C14H15ClN2O2. The molecule has 0 fully saturated rings. The van der Waals surface area contributed by atoms with Crippen LogP contribution < -0.4 is 11.2 Å². The first kappa shape index (κ1) is 13.6. The van der Waals surface area contributed by atoms with E-state index in [4.69, 9.17) is 11.6 Å². The summed E-state index contributed by atoms with van der Waals surface area (Å²) in [5.41, 5.74) is 1.17. The van der Waals surface area contributed by atoms with Gasteiger partial charge in [0.25, 0.3) is 5.56 Å². The normalized spacial score (nSPS) is 11.0. The van der Waals surface area contributed by atoms with Crippen LogP contribution in [0.15, 0.2) is 33.9 Å². The molecule has 1 aromatic heterocycles. The number of rotatable bonds is 2. The predicted molar refractivity (Wildman–Crippen MR) is 76.9 cm³/mol. The molecule has 0 aliphatic carbocycles. The summed E-state index contributed by atoms with van der Waals surface area (Å²) in [7, 11) is 0. The zero-order valence-corrected chi connectivity index (χ0v) is 11.8. The van der Waals surface area contributed by atoms with Crippen molar-refractivity contribution in [1.82, 2.24) is 9.55 Å². The van der Waals surface area contributed by atoms with Crippen LogP contribution in [0.3, 0.4) is 0 Å². The average molecular weight is 279 g/mol. The molecule has 0 saturated heterocycles. The van der Waals surface area contributed by atoms with E-state index in [1.807, 2.05) is 31.2 Å². The fourth-order valence-corrected chi connectivity index (χ4v) is 2.34. The monoisotopic (exact) mass is 278 g/mol. The highest BCUT2D eigenvalue weighted by Crippen LogP contribution is 2.24. The Hall–Kier alpha value is -1.81. The lowest BCUT2D eigenvalue weighted by molar-refractivity contribution is 0.547. The van der Waals surface area contributed by atoms with Crippen LogP contribution in [0.25, 0.3) is 11.1 Å². The van der Waals surface area contributed by atoms with E-state index in [2.05, 4.69) is 4.98 Å². The van der Waals surface area contributed by atoms with E-state index in [1.54, 1.807) is 13.8 Å². The summed E-state index contributed by atoms with van der Waals surface area (Å²) in [5.74, 6) is 0. The lowest BCUT2D eigenvalue weighted by atomic mass is 10.0. The Morgan fingerprint density at radius 2 is 1.84 bits per heavy atom. The molecular weight excluding hydrogens is 264 g/mol. The van der Waals surface area contributed by atoms with Gasteiger partial charge in [0.05, 0.1) is 5.56 Å². The molecule has 1 N–H and O–H groups in total. The summed E-state index contributed by atoms with van der Waals surface area (Å²) >= 11 is 6.05. The van der Waals surface area contributed by atoms with Crippen molar-refractivity contribution < 1.29 is 0 Å². The SMILES string of the molecule is Cc1ccccc1-c1c(Cl)[nH]c(=O)n(C(C)C)c1=O. The standard InChI is InChI=1S/C14H15ClN2O2/c1-8(2)17-13(18)11(12(15)16-14(17)19)10-7-5-4-6-9(10)3/h4-8H,1-3H3,(H,16,19). The Morgan fingerprint density at radius 1 is 1.21 bits per heavy atom. The van der Waals surface area contributed by atoms with Crippen LogP contribution in [0.5, 0.6) is 0 Å². The number of hydrogen-bond acceptors (Lipinski definition) is 2. The zero-order valence-electron chi connectivity index (χ0n) is 11.0. The van der Waals surface area contributed by atoms with Crippen molar-refractivity contribution >= 4 is 11.6 Å². The Kier molecular flexibility index (Phi) is 3.62. The van der Waals surface area contributed by atoms with Crippen molar-refractivity contribution in [3.8, 4) is 11.1 Å². The maximum atomic E-state index is 12.5. The van der Waals surface area contributed by atoms with Gasteiger partial charge < -0.3 is 0 Å². The number of aromatic amines is 1. The largest absolute Gasteiger partial charge is 0.329 e. The Labute approximate surface area is 115 Å². The second-order valence-electron chi connectivity index (χ2n) is 4.70. The van der Waals surface area contributed by atoms with Crippen molar-refractivity contribution in [2.75, 3.05) is 0 Å². The molecule has 0 aliphatic heterocycles. The molecule has 0 saturated carbocycles. The summed E-state index contributed by atoms with van der Waals surface area (Å²) in [6.07, 6.45) is 0. The van der Waals surface area contributed by atoms with Gasteiger partial charge in [-0.1, -0.05) is 35.9 Å². The third kappa shape index (κ3) is 2.36. The summed E-state index contributed by atoms with van der Waals surface area (Å²) in [6.45, 7) is 5.47. The summed E-state index contributed by atoms with van der Waals surface area (Å²) in [4.78, 5) is 26.8. The van der Waals surface area contributed by atoms with E-state index < -0.39 is 5.69 Å². The van der Waals surface area contributed by atoms with Gasteiger partial charge in [0, 0.05) is 6.04 Å². The second-order valence-corrected chi connectivity index (χ2v) is 5.08. The van der Waals surface area contributed by atoms with E-state index >= 15 is 0 Å². The van der Waals surface area contributed by atoms with Gasteiger partial charge in [-0.2, -0.15) is 0 Å². The fraction of sp³-hybridized carbons (Fsp3) is 0.286. The van der Waals surface area contributed by atoms with Gasteiger partial charge in [-0.15, -0.1) is 0 Å². The third-order valence-electron chi connectivity index (χ3n) is 3.02. The predicted octanol–water partition coefficient (Wildman–Crippen LogP) is 2.75. The Bertz CT molecular complexity index is 729. The van der Waals surface area contributed by atoms with Crippen molar-refractivity contribution in [3.63, 3.8) is 0 Å². The fourth-order valence-electron chi connectivity index (χ4n) is 2.08. The van der Waals surface area contributed by atoms with Gasteiger partial charge in [-0.25, -0.2) is 4.79 Å². The lowest BCUT2D eigenvalue weighted by Gasteiger charge is -2.13. The summed E-state index contributed by atoms with van der Waals surface area (Å²) in [6, 6.07) is 7.22.